The van der Waals surface area contributed by atoms with Crippen LogP contribution < -0.4 is 29.3 Å². The number of rotatable bonds is 6. The number of likely N-dealkylation sites (N-methyl/N-ethyl adjacent to an activating group) is 1. The number of carbonyl (C=O) groups excluding carboxylic acids is 2. The largest absolute Gasteiger partial charge is 0.493 e. The van der Waals surface area contributed by atoms with Gasteiger partial charge in [-0.05, 0) is 56.7 Å². The van der Waals surface area contributed by atoms with Gasteiger partial charge in [0.25, 0.3) is 11.5 Å². The van der Waals surface area contributed by atoms with Crippen molar-refractivity contribution in [3.8, 4) is 11.5 Å². The van der Waals surface area contributed by atoms with Crippen LogP contribution in [0.3, 0.4) is 0 Å². The first-order valence-corrected chi connectivity index (χ1v) is 13.9. The van der Waals surface area contributed by atoms with E-state index in [-0.39, 0.29) is 22.6 Å². The molecule has 1 amide bonds. The van der Waals surface area contributed by atoms with E-state index >= 15 is 0 Å². The summed E-state index contributed by atoms with van der Waals surface area (Å²) in [6.45, 7) is 5.94. The Morgan fingerprint density at radius 1 is 1.08 bits per heavy atom. The number of thiazole rings is 1. The predicted octanol–water partition coefficient (Wildman–Crippen LogP) is 3.31. The summed E-state index contributed by atoms with van der Waals surface area (Å²) in [6, 6.07) is 9.95. The minimum absolute atomic E-state index is 0.163. The Labute approximate surface area is 236 Å². The molecule has 0 N–H and O–H groups in total. The maximum Gasteiger partial charge on any atom is 0.338 e. The molecule has 0 aliphatic carbocycles. The zero-order valence-corrected chi connectivity index (χ0v) is 24.4. The Hall–Kier alpha value is -3.70. The van der Waals surface area contributed by atoms with Gasteiger partial charge in [-0.3, -0.25) is 14.2 Å². The first-order valence-electron chi connectivity index (χ1n) is 12.3. The smallest absolute Gasteiger partial charge is 0.338 e. The summed E-state index contributed by atoms with van der Waals surface area (Å²) in [5, 5.41) is 0. The van der Waals surface area contributed by atoms with Crippen molar-refractivity contribution >= 4 is 50.4 Å². The van der Waals surface area contributed by atoms with Gasteiger partial charge in [0, 0.05) is 16.6 Å². The molecule has 11 heteroatoms. The van der Waals surface area contributed by atoms with Crippen molar-refractivity contribution in [2.45, 2.75) is 26.8 Å². The number of fused-ring (bicyclic) bond motifs is 2. The molecule has 1 aromatic heterocycles. The number of nitrogens with zero attached hydrogens (tertiary/aromatic N) is 3. The van der Waals surface area contributed by atoms with Crippen molar-refractivity contribution in [2.75, 3.05) is 32.3 Å². The van der Waals surface area contributed by atoms with Gasteiger partial charge in [0.2, 0.25) is 0 Å². The molecule has 2 aliphatic rings. The average Bonchev–Trinajstić information content (AvgIpc) is 3.38. The second-order valence-corrected chi connectivity index (χ2v) is 10.7. The number of anilines is 1. The Balaban J connectivity index is 1.84. The summed E-state index contributed by atoms with van der Waals surface area (Å²) in [6.07, 6.45) is 0. The summed E-state index contributed by atoms with van der Waals surface area (Å²) >= 11 is 4.63. The van der Waals surface area contributed by atoms with Gasteiger partial charge in [-0.1, -0.05) is 33.3 Å². The summed E-state index contributed by atoms with van der Waals surface area (Å²) in [5.41, 5.74) is 2.60. The number of halogens is 1. The highest BCUT2D eigenvalue weighted by atomic mass is 79.9. The molecule has 0 saturated heterocycles. The summed E-state index contributed by atoms with van der Waals surface area (Å²) in [5.74, 6) is 0.133. The molecule has 5 rings (SSSR count). The lowest BCUT2D eigenvalue weighted by atomic mass is 9.95. The van der Waals surface area contributed by atoms with Crippen LogP contribution in [0.5, 0.6) is 11.5 Å². The number of allylic oxidation sites excluding steroid dienone is 1. The fraction of sp³-hybridized carbons (Fsp3) is 0.286. The Morgan fingerprint density at radius 3 is 2.49 bits per heavy atom. The summed E-state index contributed by atoms with van der Waals surface area (Å²) in [4.78, 5) is 47.7. The highest BCUT2D eigenvalue weighted by Gasteiger charge is 2.37. The van der Waals surface area contributed by atoms with Crippen LogP contribution in [0, 0.1) is 0 Å². The number of aromatic nitrogens is 1. The molecule has 3 aromatic rings. The number of methoxy groups -OCH3 is 2. The van der Waals surface area contributed by atoms with Gasteiger partial charge in [0.1, 0.15) is 4.53 Å². The predicted molar refractivity (Wildman–Crippen MR) is 151 cm³/mol. The molecule has 2 aliphatic heterocycles. The van der Waals surface area contributed by atoms with E-state index in [2.05, 4.69) is 20.9 Å². The van der Waals surface area contributed by atoms with E-state index < -0.39 is 17.6 Å². The minimum atomic E-state index is -0.852. The van der Waals surface area contributed by atoms with Crippen LogP contribution in [-0.2, 0) is 14.3 Å². The molecule has 2 aromatic carbocycles. The van der Waals surface area contributed by atoms with Crippen molar-refractivity contribution in [1.82, 2.24) is 4.57 Å². The quantitative estimate of drug-likeness (QED) is 0.397. The van der Waals surface area contributed by atoms with Crippen molar-refractivity contribution in [3.05, 3.63) is 83.0 Å². The van der Waals surface area contributed by atoms with Gasteiger partial charge in [-0.25, -0.2) is 9.79 Å². The molecular formula is C28H26BrN3O6S. The van der Waals surface area contributed by atoms with Crippen LogP contribution in [0.15, 0.2) is 61.9 Å². The SMILES string of the molecule is CCOC(=O)C1=C(C)N=c2s/c(=C3/C(=O)N(CC)c4ccc(Br)cc43)c(=O)n2[C@H]1c1ccc(OC)c(OC)c1. The zero-order valence-electron chi connectivity index (χ0n) is 22.0. The molecule has 0 saturated carbocycles. The lowest BCUT2D eigenvalue weighted by Gasteiger charge is -2.25. The van der Waals surface area contributed by atoms with E-state index in [1.807, 2.05) is 25.1 Å². The van der Waals surface area contributed by atoms with Crippen LogP contribution in [0.25, 0.3) is 5.57 Å². The average molecular weight is 613 g/mol. The number of benzene rings is 2. The van der Waals surface area contributed by atoms with Crippen LogP contribution in [0.2, 0.25) is 0 Å². The molecule has 1 atom stereocenters. The topological polar surface area (TPSA) is 99.4 Å². The fourth-order valence-electron chi connectivity index (χ4n) is 5.02. The molecule has 9 nitrogen and oxygen atoms in total. The highest BCUT2D eigenvalue weighted by molar-refractivity contribution is 9.10. The first kappa shape index (κ1) is 26.9. The van der Waals surface area contributed by atoms with E-state index in [0.717, 1.165) is 21.5 Å². The third kappa shape index (κ3) is 4.29. The number of amides is 1. The van der Waals surface area contributed by atoms with Crippen LogP contribution in [0.1, 0.15) is 37.9 Å². The normalized spacial score (nSPS) is 17.5. The van der Waals surface area contributed by atoms with E-state index in [1.165, 1.54) is 18.8 Å². The minimum Gasteiger partial charge on any atom is -0.493 e. The molecular weight excluding hydrogens is 586 g/mol. The Morgan fingerprint density at radius 2 is 1.82 bits per heavy atom. The van der Waals surface area contributed by atoms with Crippen LogP contribution in [0.4, 0.5) is 5.69 Å². The molecule has 0 fully saturated rings. The lowest BCUT2D eigenvalue weighted by Crippen LogP contribution is -2.41. The maximum atomic E-state index is 14.2. The number of hydrogen-bond donors (Lipinski definition) is 0. The van der Waals surface area contributed by atoms with Gasteiger partial charge in [0.05, 0.1) is 49.4 Å². The molecule has 0 spiro atoms. The number of carbonyl (C=O) groups is 2. The van der Waals surface area contributed by atoms with Crippen molar-refractivity contribution in [1.29, 1.82) is 0 Å². The maximum absolute atomic E-state index is 14.2. The zero-order chi connectivity index (χ0) is 28.0. The molecule has 0 unspecified atom stereocenters. The van der Waals surface area contributed by atoms with Gasteiger partial charge >= 0.3 is 5.97 Å². The lowest BCUT2D eigenvalue weighted by molar-refractivity contribution is -0.139. The standard InChI is InChI=1S/C28H26BrN3O6S/c1-6-31-18-10-9-16(29)13-17(18)22(25(31)33)24-26(34)32-23(15-8-11-19(36-4)20(12-15)37-5)21(27(35)38-7-2)14(3)30-28(32)39-24/h8-13,23H,6-7H2,1-5H3/b24-22+/t23-/m0/s1. The highest BCUT2D eigenvalue weighted by Crippen LogP contribution is 2.38. The fourth-order valence-corrected chi connectivity index (χ4v) is 6.51. The van der Waals surface area contributed by atoms with E-state index in [1.54, 1.807) is 36.9 Å². The van der Waals surface area contributed by atoms with Gasteiger partial charge < -0.3 is 19.1 Å². The van der Waals surface area contributed by atoms with Gasteiger partial charge in [-0.2, -0.15) is 0 Å². The summed E-state index contributed by atoms with van der Waals surface area (Å²) in [7, 11) is 3.05. The van der Waals surface area contributed by atoms with Crippen molar-refractivity contribution < 1.29 is 23.8 Å². The van der Waals surface area contributed by atoms with E-state index in [0.29, 0.717) is 45.2 Å². The number of hydrogen-bond acceptors (Lipinski definition) is 8. The first-order chi connectivity index (χ1) is 18.7. The van der Waals surface area contributed by atoms with E-state index in [9.17, 15) is 14.4 Å². The van der Waals surface area contributed by atoms with Crippen molar-refractivity contribution in [3.63, 3.8) is 0 Å². The third-order valence-electron chi connectivity index (χ3n) is 6.74. The molecule has 3 heterocycles. The van der Waals surface area contributed by atoms with Gasteiger partial charge in [0.15, 0.2) is 16.3 Å². The number of ether oxygens (including phenoxy) is 3. The van der Waals surface area contributed by atoms with Crippen molar-refractivity contribution in [2.24, 2.45) is 4.99 Å². The van der Waals surface area contributed by atoms with Gasteiger partial charge in [-0.15, -0.1) is 0 Å². The second kappa shape index (κ2) is 10.5. The number of esters is 1. The molecule has 0 radical (unpaired) electrons. The Bertz CT molecular complexity index is 1740. The molecule has 202 valence electrons. The third-order valence-corrected chi connectivity index (χ3v) is 8.28. The second-order valence-electron chi connectivity index (χ2n) is 8.82. The van der Waals surface area contributed by atoms with Crippen LogP contribution >= 0.6 is 27.3 Å². The van der Waals surface area contributed by atoms with Crippen LogP contribution in [-0.4, -0.2) is 43.8 Å². The Kier molecular flexibility index (Phi) is 7.21. The summed E-state index contributed by atoms with van der Waals surface area (Å²) < 4.78 is 18.8. The monoisotopic (exact) mass is 611 g/mol. The molecule has 0 bridgehead atoms. The van der Waals surface area contributed by atoms with E-state index in [4.69, 9.17) is 14.2 Å². The molecule has 39 heavy (non-hydrogen) atoms.